The molecule has 6 N–H and O–H groups in total. The number of thiophene rings is 1. The van der Waals surface area contributed by atoms with Crippen LogP contribution in [0.15, 0.2) is 46.9 Å². The zero-order chi connectivity index (χ0) is 20.4. The number of nitrogens with two attached hydrogens (primary N) is 2. The van der Waals surface area contributed by atoms with Gasteiger partial charge in [0.05, 0.1) is 37.6 Å². The lowest BCUT2D eigenvalue weighted by Crippen LogP contribution is -2.19. The summed E-state index contributed by atoms with van der Waals surface area (Å²) in [5.74, 6) is -0.388. The number of nitrogens with zero attached hydrogens (tertiary/aromatic N) is 1. The van der Waals surface area contributed by atoms with Gasteiger partial charge in [-0.2, -0.15) is 5.10 Å². The second-order valence-corrected chi connectivity index (χ2v) is 7.63. The van der Waals surface area contributed by atoms with Crippen LogP contribution in [0.25, 0.3) is 10.4 Å². The third-order valence-corrected chi connectivity index (χ3v) is 5.77. The van der Waals surface area contributed by atoms with Crippen molar-refractivity contribution in [1.29, 1.82) is 0 Å². The lowest BCUT2D eigenvalue weighted by Gasteiger charge is -2.05. The van der Waals surface area contributed by atoms with E-state index in [1.807, 2.05) is 0 Å². The van der Waals surface area contributed by atoms with Gasteiger partial charge in [0.25, 0.3) is 5.91 Å². The highest BCUT2D eigenvalue weighted by Crippen LogP contribution is 2.40. The van der Waals surface area contributed by atoms with Crippen molar-refractivity contribution in [1.82, 2.24) is 5.43 Å². The van der Waals surface area contributed by atoms with Gasteiger partial charge in [-0.3, -0.25) is 4.79 Å². The number of nitrogen functional groups attached to an aromatic ring is 2. The van der Waals surface area contributed by atoms with Crippen molar-refractivity contribution >= 4 is 57.5 Å². The number of aromatic hydroxyl groups is 1. The van der Waals surface area contributed by atoms with Crippen molar-refractivity contribution in [2.75, 3.05) is 11.5 Å². The molecule has 2 aromatic carbocycles. The van der Waals surface area contributed by atoms with Crippen LogP contribution in [0, 0.1) is 0 Å². The molecule has 0 atom stereocenters. The van der Waals surface area contributed by atoms with E-state index in [1.165, 1.54) is 17.4 Å². The van der Waals surface area contributed by atoms with Gasteiger partial charge >= 0.3 is 0 Å². The summed E-state index contributed by atoms with van der Waals surface area (Å²) in [4.78, 5) is 12.8. The molecule has 0 aliphatic heterocycles. The molecule has 0 aliphatic carbocycles. The van der Waals surface area contributed by atoms with Crippen LogP contribution in [0.3, 0.4) is 0 Å². The Kier molecular flexibility index (Phi) is 5.79. The summed E-state index contributed by atoms with van der Waals surface area (Å²) in [6.07, 6.45) is 0. The maximum Gasteiger partial charge on any atom is 0.271 e. The van der Waals surface area contributed by atoms with Crippen molar-refractivity contribution in [2.24, 2.45) is 5.10 Å². The first-order chi connectivity index (χ1) is 13.3. The van der Waals surface area contributed by atoms with Crippen LogP contribution < -0.4 is 16.9 Å². The standard InChI is InChI=1S/C19H16Cl2N4O2S/c1-9(24-25-19(27)11-3-5-15(22)16(23)7-11)12-8-28-18(17(12)26)10-2-4-13(20)14(21)6-10/h2-8,26H,22-23H2,1H3,(H,25,27). The van der Waals surface area contributed by atoms with E-state index in [4.69, 9.17) is 34.7 Å². The van der Waals surface area contributed by atoms with Crippen molar-refractivity contribution < 1.29 is 9.90 Å². The van der Waals surface area contributed by atoms with Gasteiger partial charge in [0, 0.05) is 10.9 Å². The maximum absolute atomic E-state index is 12.2. The minimum absolute atomic E-state index is 0.0515. The third-order valence-electron chi connectivity index (χ3n) is 4.01. The molecular formula is C19H16Cl2N4O2S. The molecule has 0 saturated carbocycles. The highest BCUT2D eigenvalue weighted by atomic mass is 35.5. The van der Waals surface area contributed by atoms with Gasteiger partial charge in [-0.15, -0.1) is 11.3 Å². The third kappa shape index (κ3) is 4.06. The Balaban J connectivity index is 1.81. The Hall–Kier alpha value is -2.74. The lowest BCUT2D eigenvalue weighted by atomic mass is 10.1. The monoisotopic (exact) mass is 434 g/mol. The molecule has 1 heterocycles. The number of carbonyl (C=O) groups is 1. The molecule has 144 valence electrons. The number of anilines is 2. The van der Waals surface area contributed by atoms with Crippen molar-refractivity contribution in [3.63, 3.8) is 0 Å². The normalized spacial score (nSPS) is 11.5. The number of rotatable bonds is 4. The Bertz CT molecular complexity index is 1100. The smallest absolute Gasteiger partial charge is 0.271 e. The summed E-state index contributed by atoms with van der Waals surface area (Å²) in [6.45, 7) is 1.68. The van der Waals surface area contributed by atoms with Crippen molar-refractivity contribution in [3.8, 4) is 16.2 Å². The van der Waals surface area contributed by atoms with E-state index >= 15 is 0 Å². The summed E-state index contributed by atoms with van der Waals surface area (Å²) in [5.41, 5.74) is 16.5. The first-order valence-corrected chi connectivity index (χ1v) is 9.67. The fraction of sp³-hybridized carbons (Fsp3) is 0.0526. The van der Waals surface area contributed by atoms with Gasteiger partial charge in [-0.05, 0) is 42.8 Å². The number of hydrogen-bond acceptors (Lipinski definition) is 6. The van der Waals surface area contributed by atoms with E-state index in [9.17, 15) is 9.90 Å². The lowest BCUT2D eigenvalue weighted by molar-refractivity contribution is 0.0955. The number of halogens is 2. The molecule has 0 spiro atoms. The second kappa shape index (κ2) is 8.10. The van der Waals surface area contributed by atoms with E-state index in [2.05, 4.69) is 10.5 Å². The number of amides is 1. The van der Waals surface area contributed by atoms with Crippen LogP contribution in [0.2, 0.25) is 10.0 Å². The van der Waals surface area contributed by atoms with Crippen LogP contribution in [0.1, 0.15) is 22.8 Å². The summed E-state index contributed by atoms with van der Waals surface area (Å²) in [5, 5.41) is 17.2. The molecule has 0 aliphatic rings. The number of nitrogens with one attached hydrogen (secondary N) is 1. The predicted octanol–water partition coefficient (Wildman–Crippen LogP) is 4.75. The second-order valence-electron chi connectivity index (χ2n) is 5.94. The highest BCUT2D eigenvalue weighted by Gasteiger charge is 2.16. The molecule has 0 bridgehead atoms. The Morgan fingerprint density at radius 3 is 2.54 bits per heavy atom. The topological polar surface area (TPSA) is 114 Å². The summed E-state index contributed by atoms with van der Waals surface area (Å²) < 4.78 is 0. The first kappa shape index (κ1) is 20.0. The highest BCUT2D eigenvalue weighted by molar-refractivity contribution is 7.14. The van der Waals surface area contributed by atoms with Crippen LogP contribution in [0.5, 0.6) is 5.75 Å². The summed E-state index contributed by atoms with van der Waals surface area (Å²) in [6, 6.07) is 9.69. The SMILES string of the molecule is CC(=NNC(=O)c1ccc(N)c(N)c1)c1csc(-c2ccc(Cl)c(Cl)c2)c1O. The fourth-order valence-corrected chi connectivity index (χ4v) is 3.73. The molecule has 0 saturated heterocycles. The molecule has 0 unspecified atom stereocenters. The van der Waals surface area contributed by atoms with Crippen LogP contribution >= 0.6 is 34.5 Å². The summed E-state index contributed by atoms with van der Waals surface area (Å²) >= 11 is 13.3. The maximum atomic E-state index is 12.2. The molecule has 1 amide bonds. The molecule has 0 fully saturated rings. The minimum Gasteiger partial charge on any atom is -0.506 e. The van der Waals surface area contributed by atoms with Crippen molar-refractivity contribution in [3.05, 3.63) is 63.0 Å². The Labute approximate surface area is 175 Å². The molecule has 28 heavy (non-hydrogen) atoms. The van der Waals surface area contributed by atoms with E-state index in [1.54, 1.807) is 42.6 Å². The van der Waals surface area contributed by atoms with E-state index in [0.29, 0.717) is 43.1 Å². The predicted molar refractivity (Wildman–Crippen MR) is 116 cm³/mol. The van der Waals surface area contributed by atoms with Crippen LogP contribution in [-0.4, -0.2) is 16.7 Å². The Morgan fingerprint density at radius 1 is 1.11 bits per heavy atom. The van der Waals surface area contributed by atoms with Crippen molar-refractivity contribution in [2.45, 2.75) is 6.92 Å². The van der Waals surface area contributed by atoms with Crippen LogP contribution in [0.4, 0.5) is 11.4 Å². The minimum atomic E-state index is -0.439. The molecular weight excluding hydrogens is 419 g/mol. The van der Waals surface area contributed by atoms with E-state index in [0.717, 1.165) is 5.56 Å². The van der Waals surface area contributed by atoms with Gasteiger partial charge in [0.15, 0.2) is 0 Å². The number of carbonyl (C=O) groups excluding carboxylic acids is 1. The number of hydrogen-bond donors (Lipinski definition) is 4. The van der Waals surface area contributed by atoms with Crippen LogP contribution in [-0.2, 0) is 0 Å². The Morgan fingerprint density at radius 2 is 1.86 bits per heavy atom. The number of benzene rings is 2. The quantitative estimate of drug-likeness (QED) is 0.269. The van der Waals surface area contributed by atoms with Gasteiger partial charge < -0.3 is 16.6 Å². The fourth-order valence-electron chi connectivity index (χ4n) is 2.43. The molecule has 9 heteroatoms. The zero-order valence-corrected chi connectivity index (χ0v) is 17.0. The van der Waals surface area contributed by atoms with Gasteiger partial charge in [0.1, 0.15) is 5.75 Å². The summed E-state index contributed by atoms with van der Waals surface area (Å²) in [7, 11) is 0. The van der Waals surface area contributed by atoms with Gasteiger partial charge in [-0.25, -0.2) is 5.43 Å². The van der Waals surface area contributed by atoms with Gasteiger partial charge in [-0.1, -0.05) is 29.3 Å². The molecule has 0 radical (unpaired) electrons. The molecule has 3 aromatic rings. The molecule has 3 rings (SSSR count). The molecule has 6 nitrogen and oxygen atoms in total. The van der Waals surface area contributed by atoms with E-state index in [-0.39, 0.29) is 5.75 Å². The zero-order valence-electron chi connectivity index (χ0n) is 14.7. The average molecular weight is 435 g/mol. The number of hydrazone groups is 1. The largest absolute Gasteiger partial charge is 0.506 e. The molecule has 1 aromatic heterocycles. The first-order valence-electron chi connectivity index (χ1n) is 8.03. The van der Waals surface area contributed by atoms with E-state index < -0.39 is 5.91 Å². The average Bonchev–Trinajstić information content (AvgIpc) is 3.05. The van der Waals surface area contributed by atoms with Gasteiger partial charge in [0.2, 0.25) is 0 Å².